The minimum Gasteiger partial charge on any atom is -0.498 e. The maximum absolute atomic E-state index is 9.44. The standard InChI is InChI=1S/C9H8BrNOS/c10-4-5-2-1-3-6-7(5)8(11)9(12)13-6/h1-3,12H,4,11H2. The van der Waals surface area contributed by atoms with E-state index in [1.165, 1.54) is 11.3 Å². The van der Waals surface area contributed by atoms with E-state index in [-0.39, 0.29) is 5.06 Å². The smallest absolute Gasteiger partial charge is 0.196 e. The number of aromatic hydroxyl groups is 1. The molecule has 0 amide bonds. The number of nitrogens with two attached hydrogens (primary N) is 1. The Morgan fingerprint density at radius 3 is 2.92 bits per heavy atom. The van der Waals surface area contributed by atoms with Crippen LogP contribution in [0.1, 0.15) is 5.56 Å². The molecule has 0 atom stereocenters. The van der Waals surface area contributed by atoms with E-state index in [9.17, 15) is 5.11 Å². The lowest BCUT2D eigenvalue weighted by molar-refractivity contribution is 0.493. The molecule has 2 aromatic rings. The Morgan fingerprint density at radius 2 is 2.23 bits per heavy atom. The molecule has 0 aliphatic rings. The third kappa shape index (κ3) is 1.30. The highest BCUT2D eigenvalue weighted by Gasteiger charge is 2.10. The molecule has 0 saturated heterocycles. The molecule has 0 fully saturated rings. The molecule has 13 heavy (non-hydrogen) atoms. The molecule has 0 spiro atoms. The summed E-state index contributed by atoms with van der Waals surface area (Å²) >= 11 is 4.71. The average Bonchev–Trinajstić information content (AvgIpc) is 2.43. The first-order chi connectivity index (χ1) is 6.24. The molecular formula is C9H8BrNOS. The molecule has 2 rings (SSSR count). The number of thiophene rings is 1. The van der Waals surface area contributed by atoms with Gasteiger partial charge in [0.25, 0.3) is 0 Å². The van der Waals surface area contributed by atoms with Crippen LogP contribution in [0.3, 0.4) is 0 Å². The molecule has 0 bridgehead atoms. The zero-order valence-corrected chi connectivity index (χ0v) is 9.15. The van der Waals surface area contributed by atoms with E-state index in [1.54, 1.807) is 0 Å². The number of nitrogen functional groups attached to an aromatic ring is 1. The van der Waals surface area contributed by atoms with Crippen LogP contribution in [-0.2, 0) is 5.33 Å². The van der Waals surface area contributed by atoms with Gasteiger partial charge in [0.1, 0.15) is 0 Å². The first kappa shape index (κ1) is 8.84. The second kappa shape index (κ2) is 3.20. The van der Waals surface area contributed by atoms with Gasteiger partial charge in [-0.2, -0.15) is 0 Å². The van der Waals surface area contributed by atoms with Crippen molar-refractivity contribution in [2.24, 2.45) is 0 Å². The zero-order chi connectivity index (χ0) is 9.42. The van der Waals surface area contributed by atoms with Crippen LogP contribution < -0.4 is 5.73 Å². The molecule has 0 saturated carbocycles. The zero-order valence-electron chi connectivity index (χ0n) is 6.75. The SMILES string of the molecule is Nc1c(O)sc2cccc(CBr)c12. The Hall–Kier alpha value is -0.740. The summed E-state index contributed by atoms with van der Waals surface area (Å²) in [6.45, 7) is 0. The van der Waals surface area contributed by atoms with Crippen LogP contribution in [-0.4, -0.2) is 5.11 Å². The highest BCUT2D eigenvalue weighted by molar-refractivity contribution is 9.08. The van der Waals surface area contributed by atoms with Gasteiger partial charge in [0, 0.05) is 15.4 Å². The Morgan fingerprint density at radius 1 is 1.46 bits per heavy atom. The maximum Gasteiger partial charge on any atom is 0.196 e. The summed E-state index contributed by atoms with van der Waals surface area (Å²) in [6, 6.07) is 5.93. The van der Waals surface area contributed by atoms with E-state index in [0.29, 0.717) is 5.69 Å². The van der Waals surface area contributed by atoms with Crippen molar-refractivity contribution in [3.8, 4) is 5.06 Å². The van der Waals surface area contributed by atoms with E-state index in [2.05, 4.69) is 15.9 Å². The molecule has 1 heterocycles. The monoisotopic (exact) mass is 257 g/mol. The quantitative estimate of drug-likeness (QED) is 0.772. The number of halogens is 1. The van der Waals surface area contributed by atoms with Crippen molar-refractivity contribution in [2.45, 2.75) is 5.33 Å². The van der Waals surface area contributed by atoms with Gasteiger partial charge >= 0.3 is 0 Å². The van der Waals surface area contributed by atoms with Crippen LogP contribution in [0.2, 0.25) is 0 Å². The summed E-state index contributed by atoms with van der Waals surface area (Å²) in [5.41, 5.74) is 7.37. The predicted octanol–water partition coefficient (Wildman–Crippen LogP) is 3.08. The number of hydrogen-bond donors (Lipinski definition) is 2. The Balaban J connectivity index is 2.87. The van der Waals surface area contributed by atoms with Gasteiger partial charge in [0.05, 0.1) is 5.69 Å². The Labute approximate surface area is 88.1 Å². The minimum absolute atomic E-state index is 0.211. The van der Waals surface area contributed by atoms with E-state index < -0.39 is 0 Å². The molecule has 0 unspecified atom stereocenters. The fourth-order valence-electron chi connectivity index (χ4n) is 1.34. The van der Waals surface area contributed by atoms with Crippen LogP contribution >= 0.6 is 27.3 Å². The third-order valence-corrected chi connectivity index (χ3v) is 3.54. The van der Waals surface area contributed by atoms with Crippen LogP contribution in [0.5, 0.6) is 5.06 Å². The molecule has 4 heteroatoms. The number of hydrogen-bond acceptors (Lipinski definition) is 3. The van der Waals surface area contributed by atoms with Gasteiger partial charge < -0.3 is 10.8 Å². The fraction of sp³-hybridized carbons (Fsp3) is 0.111. The molecule has 1 aromatic carbocycles. The summed E-state index contributed by atoms with van der Waals surface area (Å²) in [4.78, 5) is 0. The number of benzene rings is 1. The minimum atomic E-state index is 0.211. The second-order valence-electron chi connectivity index (χ2n) is 2.74. The van der Waals surface area contributed by atoms with Crippen molar-refractivity contribution >= 4 is 43.0 Å². The lowest BCUT2D eigenvalue weighted by Gasteiger charge is -1.98. The molecule has 0 aliphatic carbocycles. The summed E-state index contributed by atoms with van der Waals surface area (Å²) in [7, 11) is 0. The van der Waals surface area contributed by atoms with Gasteiger partial charge in [-0.25, -0.2) is 0 Å². The first-order valence-electron chi connectivity index (χ1n) is 3.79. The summed E-state index contributed by atoms with van der Waals surface area (Å²) < 4.78 is 1.03. The van der Waals surface area contributed by atoms with Crippen molar-refractivity contribution in [3.05, 3.63) is 23.8 Å². The van der Waals surface area contributed by atoms with E-state index >= 15 is 0 Å². The van der Waals surface area contributed by atoms with E-state index in [4.69, 9.17) is 5.73 Å². The van der Waals surface area contributed by atoms with Gasteiger partial charge in [-0.15, -0.1) is 0 Å². The normalized spacial score (nSPS) is 10.8. The topological polar surface area (TPSA) is 46.2 Å². The van der Waals surface area contributed by atoms with Crippen LogP contribution in [0, 0.1) is 0 Å². The first-order valence-corrected chi connectivity index (χ1v) is 5.72. The van der Waals surface area contributed by atoms with Gasteiger partial charge in [-0.1, -0.05) is 39.4 Å². The molecule has 0 radical (unpaired) electrons. The Bertz CT molecular complexity index is 452. The maximum atomic E-state index is 9.44. The van der Waals surface area contributed by atoms with E-state index in [0.717, 1.165) is 21.0 Å². The number of alkyl halides is 1. The highest BCUT2D eigenvalue weighted by Crippen LogP contribution is 2.40. The molecule has 1 aromatic heterocycles. The molecule has 2 nitrogen and oxygen atoms in total. The largest absolute Gasteiger partial charge is 0.498 e. The van der Waals surface area contributed by atoms with Crippen LogP contribution in [0.15, 0.2) is 18.2 Å². The van der Waals surface area contributed by atoms with Crippen molar-refractivity contribution in [1.82, 2.24) is 0 Å². The van der Waals surface area contributed by atoms with Crippen molar-refractivity contribution in [3.63, 3.8) is 0 Å². The molecule has 0 aliphatic heterocycles. The van der Waals surface area contributed by atoms with Crippen molar-refractivity contribution in [2.75, 3.05) is 5.73 Å². The lowest BCUT2D eigenvalue weighted by atomic mass is 10.1. The van der Waals surface area contributed by atoms with Gasteiger partial charge in [0.2, 0.25) is 0 Å². The average molecular weight is 258 g/mol. The molecule has 68 valence electrons. The third-order valence-electron chi connectivity index (χ3n) is 1.96. The van der Waals surface area contributed by atoms with Crippen molar-refractivity contribution in [1.29, 1.82) is 0 Å². The number of rotatable bonds is 1. The highest BCUT2D eigenvalue weighted by atomic mass is 79.9. The van der Waals surface area contributed by atoms with Crippen LogP contribution in [0.4, 0.5) is 5.69 Å². The summed E-state index contributed by atoms with van der Waals surface area (Å²) in [5, 5.41) is 11.4. The van der Waals surface area contributed by atoms with Gasteiger partial charge in [-0.05, 0) is 11.6 Å². The van der Waals surface area contributed by atoms with Gasteiger partial charge in [0.15, 0.2) is 5.06 Å². The predicted molar refractivity (Wildman–Crippen MR) is 60.5 cm³/mol. The Kier molecular flexibility index (Phi) is 2.17. The summed E-state index contributed by atoms with van der Waals surface area (Å²) in [5.74, 6) is 0. The van der Waals surface area contributed by atoms with Gasteiger partial charge in [-0.3, -0.25) is 0 Å². The molecule has 3 N–H and O–H groups in total. The van der Waals surface area contributed by atoms with E-state index in [1.807, 2.05) is 18.2 Å². The fourth-order valence-corrected chi connectivity index (χ4v) is 2.72. The van der Waals surface area contributed by atoms with Crippen LogP contribution in [0.25, 0.3) is 10.1 Å². The second-order valence-corrected chi connectivity index (χ2v) is 4.34. The summed E-state index contributed by atoms with van der Waals surface area (Å²) in [6.07, 6.45) is 0. The molecular weight excluding hydrogens is 250 g/mol. The number of fused-ring (bicyclic) bond motifs is 1. The lowest BCUT2D eigenvalue weighted by Crippen LogP contribution is -1.85. The van der Waals surface area contributed by atoms with Crippen molar-refractivity contribution < 1.29 is 5.11 Å². The number of anilines is 1.